The van der Waals surface area contributed by atoms with Crippen molar-refractivity contribution >= 4 is 0 Å². The average Bonchev–Trinajstić information content (AvgIpc) is 2.37. The highest BCUT2D eigenvalue weighted by atomic mass is 15.1. The van der Waals surface area contributed by atoms with E-state index in [9.17, 15) is 0 Å². The van der Waals surface area contributed by atoms with E-state index in [1.54, 1.807) is 0 Å². The molecule has 2 nitrogen and oxygen atoms in total. The summed E-state index contributed by atoms with van der Waals surface area (Å²) in [7, 11) is 0. The van der Waals surface area contributed by atoms with Gasteiger partial charge in [-0.1, -0.05) is 33.1 Å². The van der Waals surface area contributed by atoms with Gasteiger partial charge >= 0.3 is 0 Å². The maximum Gasteiger partial charge on any atom is 0.00670 e. The Morgan fingerprint density at radius 2 is 1.72 bits per heavy atom. The largest absolute Gasteiger partial charge is 0.314 e. The summed E-state index contributed by atoms with van der Waals surface area (Å²) in [6.45, 7) is 9.98. The Bertz CT molecular complexity index is 221. The van der Waals surface area contributed by atoms with Gasteiger partial charge < -0.3 is 10.2 Å². The summed E-state index contributed by atoms with van der Waals surface area (Å²) in [6.07, 6.45) is 11.3. The molecule has 1 saturated carbocycles. The molecule has 0 aromatic carbocycles. The molecule has 2 fully saturated rings. The highest BCUT2D eigenvalue weighted by Crippen LogP contribution is 2.29. The van der Waals surface area contributed by atoms with Crippen LogP contribution in [0.25, 0.3) is 0 Å². The van der Waals surface area contributed by atoms with Gasteiger partial charge in [0.15, 0.2) is 0 Å². The molecule has 1 saturated heterocycles. The van der Waals surface area contributed by atoms with Crippen LogP contribution in [0.5, 0.6) is 0 Å². The Balaban J connectivity index is 1.50. The van der Waals surface area contributed by atoms with Gasteiger partial charge in [0.2, 0.25) is 0 Å². The number of piperidine rings is 1. The molecule has 1 aliphatic heterocycles. The fourth-order valence-corrected chi connectivity index (χ4v) is 3.30. The molecule has 18 heavy (non-hydrogen) atoms. The lowest BCUT2D eigenvalue weighted by molar-refractivity contribution is 0.131. The molecule has 0 amide bonds. The van der Waals surface area contributed by atoms with E-state index in [-0.39, 0.29) is 0 Å². The summed E-state index contributed by atoms with van der Waals surface area (Å²) in [5.74, 6) is 0. The van der Waals surface area contributed by atoms with E-state index in [1.165, 1.54) is 77.5 Å². The number of likely N-dealkylation sites (tertiary alicyclic amines) is 1. The van der Waals surface area contributed by atoms with Crippen molar-refractivity contribution in [3.63, 3.8) is 0 Å². The van der Waals surface area contributed by atoms with Crippen LogP contribution >= 0.6 is 0 Å². The molecule has 0 spiro atoms. The number of nitrogens with one attached hydrogen (secondary N) is 1. The summed E-state index contributed by atoms with van der Waals surface area (Å²) in [6, 6.07) is 0.832. The lowest BCUT2D eigenvalue weighted by Gasteiger charge is -2.37. The van der Waals surface area contributed by atoms with E-state index in [0.717, 1.165) is 6.04 Å². The maximum atomic E-state index is 3.75. The molecule has 1 N–H and O–H groups in total. The molecule has 0 atom stereocenters. The average molecular weight is 252 g/mol. The standard InChI is InChI=1S/C16H32N2/c1-16(2)9-13-18(14-10-16)12-6-11-17-15-7-4-3-5-8-15/h15,17H,3-14H2,1-2H3. The van der Waals surface area contributed by atoms with Crippen molar-refractivity contribution < 1.29 is 0 Å². The van der Waals surface area contributed by atoms with Crippen LogP contribution in [0.2, 0.25) is 0 Å². The lowest BCUT2D eigenvalue weighted by atomic mass is 9.83. The minimum absolute atomic E-state index is 0.594. The monoisotopic (exact) mass is 252 g/mol. The number of hydrogen-bond acceptors (Lipinski definition) is 2. The summed E-state index contributed by atoms with van der Waals surface area (Å²) < 4.78 is 0. The zero-order valence-electron chi connectivity index (χ0n) is 12.5. The summed E-state index contributed by atoms with van der Waals surface area (Å²) >= 11 is 0. The first-order valence-electron chi connectivity index (χ1n) is 8.11. The third kappa shape index (κ3) is 4.89. The molecule has 2 aliphatic rings. The molecule has 2 heteroatoms. The van der Waals surface area contributed by atoms with Crippen LogP contribution in [0.4, 0.5) is 0 Å². The number of hydrogen-bond donors (Lipinski definition) is 1. The second-order valence-corrected chi connectivity index (χ2v) is 7.15. The molecule has 1 heterocycles. The van der Waals surface area contributed by atoms with E-state index in [1.807, 2.05) is 0 Å². The van der Waals surface area contributed by atoms with Gasteiger partial charge in [0.05, 0.1) is 0 Å². The summed E-state index contributed by atoms with van der Waals surface area (Å²) in [5.41, 5.74) is 0.594. The minimum atomic E-state index is 0.594. The van der Waals surface area contributed by atoms with Crippen LogP contribution in [-0.4, -0.2) is 37.1 Å². The number of rotatable bonds is 5. The smallest absolute Gasteiger partial charge is 0.00670 e. The first kappa shape index (κ1) is 14.3. The van der Waals surface area contributed by atoms with E-state index in [4.69, 9.17) is 0 Å². The summed E-state index contributed by atoms with van der Waals surface area (Å²) in [4.78, 5) is 2.66. The van der Waals surface area contributed by atoms with Gasteiger partial charge in [-0.05, 0) is 63.7 Å². The molecule has 106 valence electrons. The Kier molecular flexibility index (Phi) is 5.50. The SMILES string of the molecule is CC1(C)CCN(CCCNC2CCCCC2)CC1. The Labute approximate surface area is 114 Å². The quantitative estimate of drug-likeness (QED) is 0.754. The third-order valence-corrected chi connectivity index (χ3v) is 4.90. The fourth-order valence-electron chi connectivity index (χ4n) is 3.30. The van der Waals surface area contributed by atoms with Crippen molar-refractivity contribution in [3.8, 4) is 0 Å². The molecule has 0 aromatic heterocycles. The molecular weight excluding hydrogens is 220 g/mol. The lowest BCUT2D eigenvalue weighted by Crippen LogP contribution is -2.39. The van der Waals surface area contributed by atoms with Gasteiger partial charge in [-0.3, -0.25) is 0 Å². The Morgan fingerprint density at radius 1 is 1.06 bits per heavy atom. The second kappa shape index (κ2) is 6.91. The molecule has 2 rings (SSSR count). The van der Waals surface area contributed by atoms with Crippen molar-refractivity contribution in [2.45, 2.75) is 71.3 Å². The highest BCUT2D eigenvalue weighted by Gasteiger charge is 2.24. The Hall–Kier alpha value is -0.0800. The fraction of sp³-hybridized carbons (Fsp3) is 1.00. The van der Waals surface area contributed by atoms with Crippen LogP contribution < -0.4 is 5.32 Å². The molecular formula is C16H32N2. The predicted molar refractivity (Wildman–Crippen MR) is 78.9 cm³/mol. The third-order valence-electron chi connectivity index (χ3n) is 4.90. The van der Waals surface area contributed by atoms with Gasteiger partial charge in [0, 0.05) is 6.04 Å². The van der Waals surface area contributed by atoms with E-state index < -0.39 is 0 Å². The van der Waals surface area contributed by atoms with Crippen molar-refractivity contribution in [1.29, 1.82) is 0 Å². The van der Waals surface area contributed by atoms with Gasteiger partial charge in [-0.2, -0.15) is 0 Å². The highest BCUT2D eigenvalue weighted by molar-refractivity contribution is 4.78. The van der Waals surface area contributed by atoms with E-state index in [0.29, 0.717) is 5.41 Å². The Morgan fingerprint density at radius 3 is 2.39 bits per heavy atom. The molecule has 0 radical (unpaired) electrons. The van der Waals surface area contributed by atoms with E-state index in [2.05, 4.69) is 24.1 Å². The topological polar surface area (TPSA) is 15.3 Å². The van der Waals surface area contributed by atoms with Crippen LogP contribution in [0.15, 0.2) is 0 Å². The van der Waals surface area contributed by atoms with Crippen LogP contribution in [0.3, 0.4) is 0 Å². The zero-order chi connectivity index (χ0) is 12.8. The van der Waals surface area contributed by atoms with Crippen molar-refractivity contribution in [3.05, 3.63) is 0 Å². The van der Waals surface area contributed by atoms with Gasteiger partial charge in [-0.25, -0.2) is 0 Å². The molecule has 0 unspecified atom stereocenters. The van der Waals surface area contributed by atoms with Crippen LogP contribution in [-0.2, 0) is 0 Å². The number of nitrogens with zero attached hydrogens (tertiary/aromatic N) is 1. The predicted octanol–water partition coefficient (Wildman–Crippen LogP) is 3.42. The van der Waals surface area contributed by atoms with Gasteiger partial charge in [0.1, 0.15) is 0 Å². The van der Waals surface area contributed by atoms with Crippen molar-refractivity contribution in [2.24, 2.45) is 5.41 Å². The van der Waals surface area contributed by atoms with Crippen LogP contribution in [0.1, 0.15) is 65.2 Å². The molecule has 1 aliphatic carbocycles. The second-order valence-electron chi connectivity index (χ2n) is 7.15. The van der Waals surface area contributed by atoms with Gasteiger partial charge in [0.25, 0.3) is 0 Å². The molecule has 0 bridgehead atoms. The zero-order valence-corrected chi connectivity index (χ0v) is 12.5. The van der Waals surface area contributed by atoms with Crippen molar-refractivity contribution in [1.82, 2.24) is 10.2 Å². The normalized spacial score (nSPS) is 26.3. The maximum absolute atomic E-state index is 3.75. The summed E-state index contributed by atoms with van der Waals surface area (Å²) in [5, 5.41) is 3.75. The van der Waals surface area contributed by atoms with Gasteiger partial charge in [-0.15, -0.1) is 0 Å². The first-order chi connectivity index (χ1) is 8.66. The molecule has 0 aromatic rings. The van der Waals surface area contributed by atoms with E-state index >= 15 is 0 Å². The van der Waals surface area contributed by atoms with Crippen LogP contribution in [0, 0.1) is 5.41 Å². The van der Waals surface area contributed by atoms with Crippen molar-refractivity contribution in [2.75, 3.05) is 26.2 Å². The first-order valence-corrected chi connectivity index (χ1v) is 8.11. The minimum Gasteiger partial charge on any atom is -0.314 e.